The Morgan fingerprint density at radius 3 is 2.48 bits per heavy atom. The van der Waals surface area contributed by atoms with Crippen LogP contribution in [0.3, 0.4) is 0 Å². The molecule has 0 atom stereocenters. The van der Waals surface area contributed by atoms with Gasteiger partial charge in [0.15, 0.2) is 11.5 Å². The lowest BCUT2D eigenvalue weighted by molar-refractivity contribution is 0.284. The van der Waals surface area contributed by atoms with Gasteiger partial charge < -0.3 is 14.8 Å². The van der Waals surface area contributed by atoms with Crippen molar-refractivity contribution in [1.82, 2.24) is 10.3 Å². The molecule has 0 aliphatic rings. The minimum atomic E-state index is -0.453. The third kappa shape index (κ3) is 5.24. The van der Waals surface area contributed by atoms with Gasteiger partial charge in [0.05, 0.1) is 7.11 Å². The largest absolute Gasteiger partial charge is 0.493 e. The lowest BCUT2D eigenvalue weighted by Gasteiger charge is -2.13. The topological polar surface area (TPSA) is 43.4 Å². The lowest BCUT2D eigenvalue weighted by atomic mass is 10.1. The minimum Gasteiger partial charge on any atom is -0.493 e. The molecule has 0 fully saturated rings. The highest BCUT2D eigenvalue weighted by molar-refractivity contribution is 5.43. The first kappa shape index (κ1) is 18.8. The zero-order chi connectivity index (χ0) is 19.1. The number of halogens is 2. The fraction of sp³-hybridized carbons (Fsp3) is 0.190. The van der Waals surface area contributed by atoms with Crippen LogP contribution >= 0.6 is 0 Å². The van der Waals surface area contributed by atoms with Crippen LogP contribution in [-0.2, 0) is 19.7 Å². The molecule has 0 radical (unpaired) electrons. The predicted molar refractivity (Wildman–Crippen MR) is 98.5 cm³/mol. The molecule has 4 nitrogen and oxygen atoms in total. The van der Waals surface area contributed by atoms with Crippen LogP contribution < -0.4 is 14.8 Å². The normalized spacial score (nSPS) is 10.6. The van der Waals surface area contributed by atoms with Crippen molar-refractivity contribution in [3.63, 3.8) is 0 Å². The maximum Gasteiger partial charge on any atom is 0.161 e. The van der Waals surface area contributed by atoms with Crippen molar-refractivity contribution < 1.29 is 18.3 Å². The van der Waals surface area contributed by atoms with Gasteiger partial charge in [-0.15, -0.1) is 0 Å². The van der Waals surface area contributed by atoms with Gasteiger partial charge in [0.25, 0.3) is 0 Å². The fourth-order valence-corrected chi connectivity index (χ4v) is 2.60. The number of rotatable bonds is 8. The Balaban J connectivity index is 1.59. The Morgan fingerprint density at radius 2 is 1.70 bits per heavy atom. The van der Waals surface area contributed by atoms with Crippen LogP contribution in [0.4, 0.5) is 8.78 Å². The van der Waals surface area contributed by atoms with Crippen LogP contribution in [0.5, 0.6) is 11.5 Å². The minimum absolute atomic E-state index is 0.228. The van der Waals surface area contributed by atoms with Crippen LogP contribution in [0.1, 0.15) is 16.7 Å². The molecule has 3 rings (SSSR count). The van der Waals surface area contributed by atoms with Crippen molar-refractivity contribution >= 4 is 0 Å². The maximum absolute atomic E-state index is 13.6. The molecule has 0 spiro atoms. The van der Waals surface area contributed by atoms with Gasteiger partial charge in [-0.25, -0.2) is 8.78 Å². The summed E-state index contributed by atoms with van der Waals surface area (Å²) in [4.78, 5) is 3.97. The zero-order valence-electron chi connectivity index (χ0n) is 14.9. The van der Waals surface area contributed by atoms with Crippen molar-refractivity contribution in [2.75, 3.05) is 7.11 Å². The van der Waals surface area contributed by atoms with Gasteiger partial charge in [-0.1, -0.05) is 6.07 Å². The van der Waals surface area contributed by atoms with Gasteiger partial charge >= 0.3 is 0 Å². The van der Waals surface area contributed by atoms with Gasteiger partial charge in [0.1, 0.15) is 18.2 Å². The summed E-state index contributed by atoms with van der Waals surface area (Å²) in [5.74, 6) is 0.362. The Labute approximate surface area is 156 Å². The van der Waals surface area contributed by atoms with Crippen molar-refractivity contribution in [1.29, 1.82) is 0 Å². The number of pyridine rings is 1. The number of ether oxygens (including phenoxy) is 2. The number of hydrogen-bond acceptors (Lipinski definition) is 4. The number of hydrogen-bond donors (Lipinski definition) is 1. The molecule has 0 saturated heterocycles. The molecule has 3 aromatic rings. The van der Waals surface area contributed by atoms with Crippen molar-refractivity contribution in [2.45, 2.75) is 19.7 Å². The molecule has 27 heavy (non-hydrogen) atoms. The summed E-state index contributed by atoms with van der Waals surface area (Å²) in [6.07, 6.45) is 3.43. The standard InChI is InChI=1S/C21H20F2N2O2/c1-26-21-10-16(12-25-13-17-11-18(22)3-4-19(17)23)2-5-20(21)27-14-15-6-8-24-9-7-15/h2-11,25H,12-14H2,1H3. The highest BCUT2D eigenvalue weighted by Crippen LogP contribution is 2.28. The molecule has 1 N–H and O–H groups in total. The van der Waals surface area contributed by atoms with Crippen LogP contribution in [-0.4, -0.2) is 12.1 Å². The van der Waals surface area contributed by atoms with E-state index in [0.717, 1.165) is 23.3 Å². The second kappa shape index (κ2) is 9.09. The lowest BCUT2D eigenvalue weighted by Crippen LogP contribution is -2.14. The molecule has 2 aromatic carbocycles. The van der Waals surface area contributed by atoms with E-state index in [9.17, 15) is 8.78 Å². The van der Waals surface area contributed by atoms with Crippen LogP contribution in [0.15, 0.2) is 60.9 Å². The number of aromatic nitrogens is 1. The Morgan fingerprint density at radius 1 is 0.889 bits per heavy atom. The van der Waals surface area contributed by atoms with Crippen LogP contribution in [0.2, 0.25) is 0 Å². The zero-order valence-corrected chi connectivity index (χ0v) is 14.9. The second-order valence-electron chi connectivity index (χ2n) is 5.97. The quantitative estimate of drug-likeness (QED) is 0.644. The number of nitrogens with zero attached hydrogens (tertiary/aromatic N) is 1. The SMILES string of the molecule is COc1cc(CNCc2cc(F)ccc2F)ccc1OCc1ccncc1. The Hall–Kier alpha value is -2.99. The van der Waals surface area contributed by atoms with E-state index in [1.54, 1.807) is 19.5 Å². The first-order valence-electron chi connectivity index (χ1n) is 8.49. The molecule has 0 unspecified atom stereocenters. The highest BCUT2D eigenvalue weighted by atomic mass is 19.1. The monoisotopic (exact) mass is 370 g/mol. The molecule has 0 aliphatic heterocycles. The number of nitrogens with one attached hydrogen (secondary N) is 1. The van der Waals surface area contributed by atoms with Crippen molar-refractivity contribution in [2.24, 2.45) is 0 Å². The van der Waals surface area contributed by atoms with Crippen molar-refractivity contribution in [3.8, 4) is 11.5 Å². The number of methoxy groups -OCH3 is 1. The summed E-state index contributed by atoms with van der Waals surface area (Å²) < 4.78 is 38.1. The highest BCUT2D eigenvalue weighted by Gasteiger charge is 2.08. The molecular weight excluding hydrogens is 350 g/mol. The van der Waals surface area contributed by atoms with Gasteiger partial charge in [0.2, 0.25) is 0 Å². The Bertz CT molecular complexity index is 889. The smallest absolute Gasteiger partial charge is 0.161 e. The first-order chi connectivity index (χ1) is 13.2. The molecule has 6 heteroatoms. The van der Waals surface area contributed by atoms with E-state index in [4.69, 9.17) is 9.47 Å². The van der Waals surface area contributed by atoms with E-state index >= 15 is 0 Å². The van der Waals surface area contributed by atoms with Gasteiger partial charge in [0, 0.05) is 31.0 Å². The molecule has 0 saturated carbocycles. The molecule has 1 heterocycles. The molecule has 0 amide bonds. The van der Waals surface area contributed by atoms with Gasteiger partial charge in [-0.2, -0.15) is 0 Å². The van der Waals surface area contributed by atoms with E-state index < -0.39 is 11.6 Å². The van der Waals surface area contributed by atoms with E-state index in [1.165, 1.54) is 6.07 Å². The van der Waals surface area contributed by atoms with E-state index in [2.05, 4.69) is 10.3 Å². The van der Waals surface area contributed by atoms with E-state index in [0.29, 0.717) is 30.2 Å². The average molecular weight is 370 g/mol. The third-order valence-corrected chi connectivity index (χ3v) is 4.02. The first-order valence-corrected chi connectivity index (χ1v) is 8.49. The molecule has 0 aliphatic carbocycles. The van der Waals surface area contributed by atoms with Crippen molar-refractivity contribution in [3.05, 3.63) is 89.2 Å². The summed E-state index contributed by atoms with van der Waals surface area (Å²) >= 11 is 0. The molecular formula is C21H20F2N2O2. The molecule has 140 valence electrons. The maximum atomic E-state index is 13.6. The molecule has 1 aromatic heterocycles. The summed E-state index contributed by atoms with van der Waals surface area (Å²) in [7, 11) is 1.58. The van der Waals surface area contributed by atoms with E-state index in [1.807, 2.05) is 30.3 Å². The van der Waals surface area contributed by atoms with E-state index in [-0.39, 0.29) is 6.54 Å². The third-order valence-electron chi connectivity index (χ3n) is 4.02. The second-order valence-corrected chi connectivity index (χ2v) is 5.97. The van der Waals surface area contributed by atoms with Crippen LogP contribution in [0.25, 0.3) is 0 Å². The summed E-state index contributed by atoms with van der Waals surface area (Å²) in [5, 5.41) is 3.10. The predicted octanol–water partition coefficient (Wildman–Crippen LogP) is 4.24. The summed E-state index contributed by atoms with van der Waals surface area (Å²) in [6.45, 7) is 1.12. The molecule has 0 bridgehead atoms. The average Bonchev–Trinajstić information content (AvgIpc) is 2.70. The Kier molecular flexibility index (Phi) is 6.33. The van der Waals surface area contributed by atoms with Crippen LogP contribution in [0, 0.1) is 11.6 Å². The van der Waals surface area contributed by atoms with Gasteiger partial charge in [-0.05, 0) is 53.6 Å². The van der Waals surface area contributed by atoms with Gasteiger partial charge in [-0.3, -0.25) is 4.98 Å². The summed E-state index contributed by atoms with van der Waals surface area (Å²) in [6, 6.07) is 12.8. The summed E-state index contributed by atoms with van der Waals surface area (Å²) in [5.41, 5.74) is 2.24. The number of benzene rings is 2. The fourth-order valence-electron chi connectivity index (χ4n) is 2.60.